The average Bonchev–Trinajstić information content (AvgIpc) is 3.48. The van der Waals surface area contributed by atoms with Gasteiger partial charge in [-0.15, -0.1) is 0 Å². The zero-order valence-electron chi connectivity index (χ0n) is 25.9. The van der Waals surface area contributed by atoms with Crippen LogP contribution in [0.3, 0.4) is 0 Å². The highest BCUT2D eigenvalue weighted by molar-refractivity contribution is 6.00. The minimum atomic E-state index is -0.120. The van der Waals surface area contributed by atoms with Gasteiger partial charge in [-0.05, 0) is 70.6 Å². The summed E-state index contributed by atoms with van der Waals surface area (Å²) >= 11 is 0. The van der Waals surface area contributed by atoms with Crippen molar-refractivity contribution in [2.45, 2.75) is 39.9 Å². The van der Waals surface area contributed by atoms with E-state index in [-0.39, 0.29) is 18.4 Å². The smallest absolute Gasteiger partial charge is 0.254 e. The lowest BCUT2D eigenvalue weighted by atomic mass is 10.1. The molecular weight excluding hydrogens is 546 g/mol. The summed E-state index contributed by atoms with van der Waals surface area (Å²) < 4.78 is 7.58. The quantitative estimate of drug-likeness (QED) is 0.144. The summed E-state index contributed by atoms with van der Waals surface area (Å²) in [4.78, 5) is 31.6. The number of benzene rings is 4. The Morgan fingerprint density at radius 2 is 1.50 bits per heavy atom. The largest absolute Gasteiger partial charge is 0.497 e. The predicted molar refractivity (Wildman–Crippen MR) is 177 cm³/mol. The van der Waals surface area contributed by atoms with E-state index in [9.17, 15) is 9.59 Å². The minimum Gasteiger partial charge on any atom is -0.497 e. The van der Waals surface area contributed by atoms with Crippen molar-refractivity contribution in [2.24, 2.45) is 5.92 Å². The SMILES string of the molecule is COc1cccc(Cn2cccc2CN(Cc2ccccc2)C(=O)CN(CCC(C)C)C(=O)c2ccc3ccccc3c2)c1. The van der Waals surface area contributed by atoms with E-state index in [2.05, 4.69) is 30.5 Å². The fourth-order valence-corrected chi connectivity index (χ4v) is 5.38. The molecule has 0 N–H and O–H groups in total. The number of amides is 2. The lowest BCUT2D eigenvalue weighted by Crippen LogP contribution is -2.43. The van der Waals surface area contributed by atoms with Gasteiger partial charge in [0.1, 0.15) is 12.3 Å². The van der Waals surface area contributed by atoms with Crippen LogP contribution in [0.25, 0.3) is 10.8 Å². The van der Waals surface area contributed by atoms with E-state index in [0.29, 0.717) is 37.7 Å². The zero-order valence-corrected chi connectivity index (χ0v) is 25.9. The molecule has 0 spiro atoms. The Labute approximate surface area is 260 Å². The maximum absolute atomic E-state index is 14.1. The normalized spacial score (nSPS) is 11.1. The van der Waals surface area contributed by atoms with Gasteiger partial charge < -0.3 is 19.1 Å². The molecule has 44 heavy (non-hydrogen) atoms. The fourth-order valence-electron chi connectivity index (χ4n) is 5.38. The van der Waals surface area contributed by atoms with Crippen LogP contribution in [0.2, 0.25) is 0 Å². The monoisotopic (exact) mass is 587 g/mol. The highest BCUT2D eigenvalue weighted by atomic mass is 16.5. The van der Waals surface area contributed by atoms with Crippen molar-refractivity contribution in [3.8, 4) is 5.75 Å². The number of fused-ring (bicyclic) bond motifs is 1. The van der Waals surface area contributed by atoms with Crippen molar-refractivity contribution in [1.29, 1.82) is 0 Å². The summed E-state index contributed by atoms with van der Waals surface area (Å²) in [5.41, 5.74) is 3.78. The molecule has 0 fully saturated rings. The highest BCUT2D eigenvalue weighted by Crippen LogP contribution is 2.20. The Balaban J connectivity index is 1.39. The third-order valence-electron chi connectivity index (χ3n) is 7.92. The molecule has 0 aliphatic carbocycles. The maximum Gasteiger partial charge on any atom is 0.254 e. The molecule has 6 heteroatoms. The average molecular weight is 588 g/mol. The number of hydrogen-bond donors (Lipinski definition) is 0. The second kappa shape index (κ2) is 14.6. The number of nitrogens with zero attached hydrogens (tertiary/aromatic N) is 3. The number of ether oxygens (including phenoxy) is 1. The Morgan fingerprint density at radius 3 is 2.27 bits per heavy atom. The molecule has 2 amide bonds. The van der Waals surface area contributed by atoms with E-state index in [4.69, 9.17) is 4.74 Å². The topological polar surface area (TPSA) is 54.8 Å². The van der Waals surface area contributed by atoms with Gasteiger partial charge in [-0.2, -0.15) is 0 Å². The molecule has 5 aromatic rings. The van der Waals surface area contributed by atoms with E-state index in [1.165, 1.54) is 0 Å². The van der Waals surface area contributed by atoms with Crippen LogP contribution in [0, 0.1) is 5.92 Å². The third-order valence-corrected chi connectivity index (χ3v) is 7.92. The molecule has 1 heterocycles. The molecule has 0 aliphatic heterocycles. The predicted octanol–water partition coefficient (Wildman–Crippen LogP) is 7.42. The standard InChI is InChI=1S/C38H41N3O3/c1-29(2)20-22-40(38(43)34-19-18-32-14-7-8-15-33(32)24-34)28-37(42)41(25-30-11-5-4-6-12-30)27-35-16-10-21-39(35)26-31-13-9-17-36(23-31)44-3/h4-19,21,23-24,29H,20,22,25-28H2,1-3H3. The van der Waals surface area contributed by atoms with Gasteiger partial charge in [0.15, 0.2) is 0 Å². The second-order valence-corrected chi connectivity index (χ2v) is 11.7. The number of methoxy groups -OCH3 is 1. The molecule has 6 nitrogen and oxygen atoms in total. The summed E-state index contributed by atoms with van der Waals surface area (Å²) in [5, 5.41) is 2.09. The van der Waals surface area contributed by atoms with Gasteiger partial charge in [-0.3, -0.25) is 9.59 Å². The second-order valence-electron chi connectivity index (χ2n) is 11.7. The van der Waals surface area contributed by atoms with Crippen molar-refractivity contribution in [1.82, 2.24) is 14.4 Å². The van der Waals surface area contributed by atoms with Crippen LogP contribution in [-0.4, -0.2) is 46.4 Å². The van der Waals surface area contributed by atoms with Crippen LogP contribution >= 0.6 is 0 Å². The summed E-state index contributed by atoms with van der Waals surface area (Å²) in [5.74, 6) is 1.01. The van der Waals surface area contributed by atoms with Crippen LogP contribution in [0.15, 0.2) is 115 Å². The lowest BCUT2D eigenvalue weighted by Gasteiger charge is -2.29. The van der Waals surface area contributed by atoms with Crippen molar-refractivity contribution >= 4 is 22.6 Å². The first-order valence-corrected chi connectivity index (χ1v) is 15.3. The molecule has 0 atom stereocenters. The van der Waals surface area contributed by atoms with E-state index in [1.54, 1.807) is 12.0 Å². The molecule has 0 bridgehead atoms. The van der Waals surface area contributed by atoms with Gasteiger partial charge >= 0.3 is 0 Å². The Kier molecular flexibility index (Phi) is 10.1. The molecule has 4 aromatic carbocycles. The molecule has 0 aliphatic rings. The van der Waals surface area contributed by atoms with Crippen LogP contribution in [-0.2, 0) is 24.4 Å². The lowest BCUT2D eigenvalue weighted by molar-refractivity contribution is -0.133. The van der Waals surface area contributed by atoms with Crippen LogP contribution in [0.4, 0.5) is 0 Å². The third kappa shape index (κ3) is 7.95. The molecule has 0 radical (unpaired) electrons. The zero-order chi connectivity index (χ0) is 30.9. The van der Waals surface area contributed by atoms with Gasteiger partial charge in [0, 0.05) is 37.1 Å². The molecular formula is C38H41N3O3. The van der Waals surface area contributed by atoms with Crippen molar-refractivity contribution in [3.05, 3.63) is 138 Å². The number of aromatic nitrogens is 1. The summed E-state index contributed by atoms with van der Waals surface area (Å²) in [6.45, 7) is 6.34. The van der Waals surface area contributed by atoms with E-state index in [0.717, 1.165) is 39.8 Å². The van der Waals surface area contributed by atoms with Gasteiger partial charge in [0.2, 0.25) is 5.91 Å². The van der Waals surface area contributed by atoms with Gasteiger partial charge in [-0.25, -0.2) is 0 Å². The first-order valence-electron chi connectivity index (χ1n) is 15.3. The fraction of sp³-hybridized carbons (Fsp3) is 0.263. The molecule has 0 saturated carbocycles. The van der Waals surface area contributed by atoms with Gasteiger partial charge in [0.25, 0.3) is 5.91 Å². The summed E-state index contributed by atoms with van der Waals surface area (Å²) in [6, 6.07) is 35.9. The molecule has 0 unspecified atom stereocenters. The molecule has 226 valence electrons. The molecule has 0 saturated heterocycles. The first kappa shape index (κ1) is 30.6. The first-order chi connectivity index (χ1) is 21.4. The van der Waals surface area contributed by atoms with Crippen molar-refractivity contribution in [3.63, 3.8) is 0 Å². The summed E-state index contributed by atoms with van der Waals surface area (Å²) in [6.07, 6.45) is 2.85. The Morgan fingerprint density at radius 1 is 0.750 bits per heavy atom. The molecule has 1 aromatic heterocycles. The van der Waals surface area contributed by atoms with Gasteiger partial charge in [0.05, 0.1) is 13.7 Å². The summed E-state index contributed by atoms with van der Waals surface area (Å²) in [7, 11) is 1.67. The number of hydrogen-bond acceptors (Lipinski definition) is 3. The van der Waals surface area contributed by atoms with E-state index in [1.807, 2.05) is 108 Å². The minimum absolute atomic E-state index is 0.0157. The van der Waals surface area contributed by atoms with E-state index < -0.39 is 0 Å². The van der Waals surface area contributed by atoms with Crippen LogP contribution < -0.4 is 4.74 Å². The maximum atomic E-state index is 14.1. The Hall–Kier alpha value is -4.84. The molecule has 5 rings (SSSR count). The van der Waals surface area contributed by atoms with E-state index >= 15 is 0 Å². The highest BCUT2D eigenvalue weighted by Gasteiger charge is 2.24. The number of rotatable bonds is 13. The number of carbonyl (C=O) groups excluding carboxylic acids is 2. The van der Waals surface area contributed by atoms with Crippen LogP contribution in [0.1, 0.15) is 47.4 Å². The number of carbonyl (C=O) groups is 2. The van der Waals surface area contributed by atoms with Crippen LogP contribution in [0.5, 0.6) is 5.75 Å². The Bertz CT molecular complexity index is 1690. The van der Waals surface area contributed by atoms with Crippen molar-refractivity contribution in [2.75, 3.05) is 20.2 Å². The van der Waals surface area contributed by atoms with Crippen molar-refractivity contribution < 1.29 is 14.3 Å². The van der Waals surface area contributed by atoms with Gasteiger partial charge in [-0.1, -0.05) is 86.6 Å².